The van der Waals surface area contributed by atoms with Gasteiger partial charge in [0.15, 0.2) is 11.0 Å². The number of anilines is 1. The van der Waals surface area contributed by atoms with Gasteiger partial charge in [0.25, 0.3) is 0 Å². The molecule has 1 aliphatic carbocycles. The Hall–Kier alpha value is -2.55. The minimum Gasteiger partial charge on any atom is -0.326 e. The second-order valence-electron chi connectivity index (χ2n) is 7.27. The Morgan fingerprint density at radius 3 is 2.93 bits per heavy atom. The molecule has 3 aromatic rings. The third-order valence-electron chi connectivity index (χ3n) is 5.25. The largest absolute Gasteiger partial charge is 0.326 e. The van der Waals surface area contributed by atoms with Gasteiger partial charge in [0.2, 0.25) is 0 Å². The number of aryl methyl sites for hydroxylation is 2. The van der Waals surface area contributed by atoms with Crippen molar-refractivity contribution in [1.29, 1.82) is 0 Å². The van der Waals surface area contributed by atoms with E-state index in [0.29, 0.717) is 29.1 Å². The molecule has 2 aliphatic rings. The fourth-order valence-electron chi connectivity index (χ4n) is 3.71. The quantitative estimate of drug-likeness (QED) is 0.652. The molecule has 148 valence electrons. The minimum atomic E-state index is -0.149. The Morgan fingerprint density at radius 1 is 1.28 bits per heavy atom. The molecule has 1 unspecified atom stereocenters. The molecule has 7 nitrogen and oxygen atoms in total. The van der Waals surface area contributed by atoms with Crippen molar-refractivity contribution in [2.24, 2.45) is 5.73 Å². The summed E-state index contributed by atoms with van der Waals surface area (Å²) in [6, 6.07) is 7.44. The van der Waals surface area contributed by atoms with Crippen LogP contribution in [0.15, 0.2) is 30.5 Å². The number of rotatable bonds is 2. The number of thiazole rings is 1. The van der Waals surface area contributed by atoms with Gasteiger partial charge in [0, 0.05) is 30.9 Å². The van der Waals surface area contributed by atoms with Crippen molar-refractivity contribution in [3.05, 3.63) is 46.7 Å². The number of nitrogens with two attached hydrogens (primary N) is 1. The van der Waals surface area contributed by atoms with Crippen LogP contribution in [0.1, 0.15) is 17.7 Å². The number of halogens is 1. The predicted molar refractivity (Wildman–Crippen MR) is 114 cm³/mol. The molecule has 1 aromatic carbocycles. The molecular weight excluding hydrogens is 408 g/mol. The molecule has 0 spiro atoms. The Labute approximate surface area is 177 Å². The van der Waals surface area contributed by atoms with Crippen LogP contribution in [0.2, 0.25) is 5.02 Å². The maximum Gasteiger partial charge on any atom is 0.323 e. The number of likely N-dealkylation sites (tertiary alicyclic amines) is 1. The van der Waals surface area contributed by atoms with Gasteiger partial charge in [0.1, 0.15) is 0 Å². The van der Waals surface area contributed by atoms with Gasteiger partial charge in [-0.15, -0.1) is 0 Å². The normalized spacial score (nSPS) is 17.7. The second kappa shape index (κ2) is 7.37. The van der Waals surface area contributed by atoms with E-state index in [0.717, 1.165) is 46.7 Å². The molecule has 3 heterocycles. The maximum atomic E-state index is 12.5. The first-order valence-electron chi connectivity index (χ1n) is 9.51. The number of fused-ring (bicyclic) bond motifs is 3. The van der Waals surface area contributed by atoms with E-state index in [9.17, 15) is 4.79 Å². The van der Waals surface area contributed by atoms with Gasteiger partial charge < -0.3 is 10.6 Å². The highest BCUT2D eigenvalue weighted by molar-refractivity contribution is 7.19. The number of amides is 2. The Balaban J connectivity index is 1.45. The molecular formula is C20H19ClN6OS. The highest BCUT2D eigenvalue weighted by Gasteiger charge is 2.27. The van der Waals surface area contributed by atoms with Crippen LogP contribution in [-0.2, 0) is 12.8 Å². The van der Waals surface area contributed by atoms with Crippen molar-refractivity contribution in [3.63, 3.8) is 0 Å². The van der Waals surface area contributed by atoms with Gasteiger partial charge in [-0.25, -0.2) is 19.7 Å². The second-order valence-corrected chi connectivity index (χ2v) is 8.67. The van der Waals surface area contributed by atoms with Crippen molar-refractivity contribution >= 4 is 34.1 Å². The van der Waals surface area contributed by atoms with E-state index >= 15 is 0 Å². The average molecular weight is 427 g/mol. The van der Waals surface area contributed by atoms with Crippen LogP contribution in [0.25, 0.3) is 22.0 Å². The predicted octanol–water partition coefficient (Wildman–Crippen LogP) is 3.58. The number of aromatic nitrogens is 3. The molecule has 0 bridgehead atoms. The number of hydrogen-bond donors (Lipinski definition) is 2. The molecule has 1 aliphatic heterocycles. The van der Waals surface area contributed by atoms with Gasteiger partial charge in [-0.05, 0) is 37.0 Å². The van der Waals surface area contributed by atoms with E-state index in [2.05, 4.69) is 15.3 Å². The standard InChI is InChI=1S/C20H19ClN6OS/c21-14-4-2-1-3-13(14)18-23-9-11-5-6-15-17(16(11)25-18)29-19(24-15)26-20(28)27-8-7-12(22)10-27/h1-4,9,12H,5-8,10,22H2,(H,24,26,28). The average Bonchev–Trinajstić information content (AvgIpc) is 3.34. The van der Waals surface area contributed by atoms with Crippen molar-refractivity contribution in [1.82, 2.24) is 19.9 Å². The molecule has 1 fully saturated rings. The van der Waals surface area contributed by atoms with Crippen molar-refractivity contribution in [2.45, 2.75) is 25.3 Å². The summed E-state index contributed by atoms with van der Waals surface area (Å²) in [6.45, 7) is 1.25. The number of carbonyl (C=O) groups excluding carboxylic acids is 1. The lowest BCUT2D eigenvalue weighted by molar-refractivity contribution is 0.222. The lowest BCUT2D eigenvalue weighted by atomic mass is 9.99. The van der Waals surface area contributed by atoms with Crippen LogP contribution >= 0.6 is 22.9 Å². The van der Waals surface area contributed by atoms with Crippen LogP contribution in [0.5, 0.6) is 0 Å². The number of carbonyl (C=O) groups is 1. The van der Waals surface area contributed by atoms with E-state index in [-0.39, 0.29) is 12.1 Å². The molecule has 2 amide bonds. The molecule has 1 atom stereocenters. The molecule has 2 aromatic heterocycles. The first kappa shape index (κ1) is 18.5. The van der Waals surface area contributed by atoms with Gasteiger partial charge in [0.05, 0.1) is 21.3 Å². The van der Waals surface area contributed by atoms with Crippen molar-refractivity contribution in [2.75, 3.05) is 18.4 Å². The van der Waals surface area contributed by atoms with E-state index in [1.807, 2.05) is 30.5 Å². The number of benzene rings is 1. The third-order valence-corrected chi connectivity index (χ3v) is 6.60. The Morgan fingerprint density at radius 2 is 2.14 bits per heavy atom. The van der Waals surface area contributed by atoms with E-state index in [4.69, 9.17) is 22.3 Å². The van der Waals surface area contributed by atoms with Gasteiger partial charge in [-0.2, -0.15) is 0 Å². The van der Waals surface area contributed by atoms with Crippen molar-refractivity contribution < 1.29 is 4.79 Å². The summed E-state index contributed by atoms with van der Waals surface area (Å²) in [5, 5.41) is 4.13. The van der Waals surface area contributed by atoms with E-state index < -0.39 is 0 Å². The summed E-state index contributed by atoms with van der Waals surface area (Å²) in [4.78, 5) is 29.1. The zero-order valence-corrected chi connectivity index (χ0v) is 17.1. The van der Waals surface area contributed by atoms with E-state index in [1.165, 1.54) is 11.3 Å². The van der Waals surface area contributed by atoms with Crippen molar-refractivity contribution in [3.8, 4) is 22.0 Å². The van der Waals surface area contributed by atoms with Crippen LogP contribution in [-0.4, -0.2) is 45.0 Å². The molecule has 9 heteroatoms. The smallest absolute Gasteiger partial charge is 0.323 e. The summed E-state index contributed by atoms with van der Waals surface area (Å²) < 4.78 is 0. The summed E-state index contributed by atoms with van der Waals surface area (Å²) in [7, 11) is 0. The van der Waals surface area contributed by atoms with Gasteiger partial charge in [-0.3, -0.25) is 5.32 Å². The molecule has 0 saturated carbocycles. The van der Waals surface area contributed by atoms with Crippen LogP contribution in [0, 0.1) is 0 Å². The lowest BCUT2D eigenvalue weighted by Crippen LogP contribution is -2.35. The maximum absolute atomic E-state index is 12.5. The summed E-state index contributed by atoms with van der Waals surface area (Å²) in [5.41, 5.74) is 9.62. The van der Waals surface area contributed by atoms with Crippen LogP contribution in [0.3, 0.4) is 0 Å². The topological polar surface area (TPSA) is 97.0 Å². The third kappa shape index (κ3) is 3.48. The highest BCUT2D eigenvalue weighted by Crippen LogP contribution is 2.39. The van der Waals surface area contributed by atoms with Gasteiger partial charge in [-0.1, -0.05) is 35.1 Å². The van der Waals surface area contributed by atoms with Crippen LogP contribution in [0.4, 0.5) is 9.93 Å². The summed E-state index contributed by atoms with van der Waals surface area (Å²) in [5.74, 6) is 0.590. The Bertz CT molecular complexity index is 1100. The van der Waals surface area contributed by atoms with Gasteiger partial charge >= 0.3 is 6.03 Å². The molecule has 1 saturated heterocycles. The molecule has 0 radical (unpaired) electrons. The first-order chi connectivity index (χ1) is 14.1. The van der Waals surface area contributed by atoms with Crippen LogP contribution < -0.4 is 11.1 Å². The Kier molecular flexibility index (Phi) is 4.69. The zero-order chi connectivity index (χ0) is 20.0. The summed E-state index contributed by atoms with van der Waals surface area (Å²) in [6.07, 6.45) is 4.33. The number of hydrogen-bond acceptors (Lipinski definition) is 6. The first-order valence-corrected chi connectivity index (χ1v) is 10.7. The lowest BCUT2D eigenvalue weighted by Gasteiger charge is -2.15. The highest BCUT2D eigenvalue weighted by atomic mass is 35.5. The number of nitrogens with zero attached hydrogens (tertiary/aromatic N) is 4. The fraction of sp³-hybridized carbons (Fsp3) is 0.300. The summed E-state index contributed by atoms with van der Waals surface area (Å²) >= 11 is 7.78. The zero-order valence-electron chi connectivity index (χ0n) is 15.6. The molecule has 3 N–H and O–H groups in total. The fourth-order valence-corrected chi connectivity index (χ4v) is 4.96. The molecule has 5 rings (SSSR count). The number of urea groups is 1. The van der Waals surface area contributed by atoms with E-state index in [1.54, 1.807) is 4.90 Å². The molecule has 29 heavy (non-hydrogen) atoms. The monoisotopic (exact) mass is 426 g/mol. The number of nitrogens with one attached hydrogen (secondary N) is 1. The SMILES string of the molecule is NC1CCN(C(=O)Nc2nc3c(s2)-c2nc(-c4ccccc4Cl)ncc2CC3)C1. The minimum absolute atomic E-state index is 0.0528.